The molecular formula is C23H19Cl2N5O3. The van der Waals surface area contributed by atoms with Crippen molar-refractivity contribution in [3.8, 4) is 0 Å². The lowest BCUT2D eigenvalue weighted by atomic mass is 10.2. The fourth-order valence-corrected chi connectivity index (χ4v) is 3.38. The third-order valence-electron chi connectivity index (χ3n) is 4.71. The largest absolute Gasteiger partial charge is 0.462 e. The first-order valence-corrected chi connectivity index (χ1v) is 10.8. The summed E-state index contributed by atoms with van der Waals surface area (Å²) in [5, 5.41) is 11.4. The van der Waals surface area contributed by atoms with Crippen LogP contribution in [-0.2, 0) is 11.3 Å². The van der Waals surface area contributed by atoms with Crippen molar-refractivity contribution in [2.45, 2.75) is 13.5 Å². The number of halogens is 2. The average molecular weight is 484 g/mol. The van der Waals surface area contributed by atoms with Crippen LogP contribution in [0.25, 0.3) is 5.65 Å². The molecule has 0 spiro atoms. The summed E-state index contributed by atoms with van der Waals surface area (Å²) in [7, 11) is 0. The summed E-state index contributed by atoms with van der Waals surface area (Å²) >= 11 is 12.0. The smallest absolute Gasteiger partial charge is 0.338 e. The number of rotatable bonds is 7. The first-order valence-electron chi connectivity index (χ1n) is 10.1. The van der Waals surface area contributed by atoms with Gasteiger partial charge in [0.15, 0.2) is 11.3 Å². The van der Waals surface area contributed by atoms with Gasteiger partial charge in [0.25, 0.3) is 5.91 Å². The Kier molecular flexibility index (Phi) is 6.76. The summed E-state index contributed by atoms with van der Waals surface area (Å²) in [5.41, 5.74) is 2.65. The van der Waals surface area contributed by atoms with Crippen LogP contribution in [0, 0.1) is 0 Å². The second kappa shape index (κ2) is 9.89. The molecule has 168 valence electrons. The molecule has 0 aliphatic rings. The van der Waals surface area contributed by atoms with Crippen LogP contribution in [0.3, 0.4) is 0 Å². The highest BCUT2D eigenvalue weighted by Gasteiger charge is 2.15. The maximum absolute atomic E-state index is 12.8. The Morgan fingerprint density at radius 3 is 2.55 bits per heavy atom. The quantitative estimate of drug-likeness (QED) is 0.355. The highest BCUT2D eigenvalue weighted by Crippen LogP contribution is 2.23. The normalized spacial score (nSPS) is 10.8. The van der Waals surface area contributed by atoms with E-state index >= 15 is 0 Å². The van der Waals surface area contributed by atoms with Gasteiger partial charge in [-0.25, -0.2) is 14.3 Å². The predicted octanol–water partition coefficient (Wildman–Crippen LogP) is 5.08. The number of hydrogen-bond donors (Lipinski definition) is 2. The standard InChI is InChI=1S/C23H19Cl2N5O3/c1-2-33-23(32)15-4-6-16(7-5-15)28-22(31)19-13-27-21-10-9-20(29-30(19)21)26-12-14-3-8-17(24)18(25)11-14/h3-11,13H,2,12H2,1H3,(H,26,29)(H,28,31). The number of aromatic nitrogens is 3. The SMILES string of the molecule is CCOC(=O)c1ccc(NC(=O)c2cnc3ccc(NCc4ccc(Cl)c(Cl)c4)nn23)cc1. The summed E-state index contributed by atoms with van der Waals surface area (Å²) in [6, 6.07) is 15.3. The van der Waals surface area contributed by atoms with E-state index in [1.807, 2.05) is 6.07 Å². The van der Waals surface area contributed by atoms with E-state index in [9.17, 15) is 9.59 Å². The van der Waals surface area contributed by atoms with Crippen molar-refractivity contribution >= 4 is 52.2 Å². The second-order valence-electron chi connectivity index (χ2n) is 6.99. The van der Waals surface area contributed by atoms with E-state index in [2.05, 4.69) is 20.7 Å². The van der Waals surface area contributed by atoms with Gasteiger partial charge < -0.3 is 15.4 Å². The maximum Gasteiger partial charge on any atom is 0.338 e. The van der Waals surface area contributed by atoms with Gasteiger partial charge in [-0.3, -0.25) is 4.79 Å². The zero-order valence-electron chi connectivity index (χ0n) is 17.5. The molecule has 0 saturated carbocycles. The van der Waals surface area contributed by atoms with Crippen LogP contribution in [0.2, 0.25) is 10.0 Å². The summed E-state index contributed by atoms with van der Waals surface area (Å²) in [5.74, 6) is -0.248. The number of ether oxygens (including phenoxy) is 1. The molecule has 2 aromatic heterocycles. The van der Waals surface area contributed by atoms with Crippen molar-refractivity contribution in [3.63, 3.8) is 0 Å². The van der Waals surface area contributed by atoms with Gasteiger partial charge in [-0.15, -0.1) is 5.10 Å². The highest BCUT2D eigenvalue weighted by molar-refractivity contribution is 6.42. The molecule has 0 radical (unpaired) electrons. The van der Waals surface area contributed by atoms with E-state index in [0.717, 1.165) is 5.56 Å². The van der Waals surface area contributed by atoms with Crippen molar-refractivity contribution in [1.29, 1.82) is 0 Å². The third kappa shape index (κ3) is 5.24. The Hall–Kier alpha value is -3.62. The van der Waals surface area contributed by atoms with Crippen LogP contribution in [0.5, 0.6) is 0 Å². The molecule has 2 N–H and O–H groups in total. The van der Waals surface area contributed by atoms with Gasteiger partial charge in [-0.05, 0) is 61.0 Å². The summed E-state index contributed by atoms with van der Waals surface area (Å²) in [4.78, 5) is 28.8. The topological polar surface area (TPSA) is 97.6 Å². The lowest BCUT2D eigenvalue weighted by molar-refractivity contribution is 0.0526. The molecule has 0 bridgehead atoms. The molecule has 0 aliphatic carbocycles. The van der Waals surface area contributed by atoms with Crippen molar-refractivity contribution in [2.24, 2.45) is 0 Å². The molecule has 0 unspecified atom stereocenters. The summed E-state index contributed by atoms with van der Waals surface area (Å²) in [6.07, 6.45) is 1.45. The number of fused-ring (bicyclic) bond motifs is 1. The number of nitrogens with one attached hydrogen (secondary N) is 2. The van der Waals surface area contributed by atoms with Gasteiger partial charge in [-0.1, -0.05) is 29.3 Å². The minimum absolute atomic E-state index is 0.262. The average Bonchev–Trinajstić information content (AvgIpc) is 3.24. The maximum atomic E-state index is 12.8. The zero-order chi connectivity index (χ0) is 23.4. The minimum atomic E-state index is -0.415. The van der Waals surface area contributed by atoms with Gasteiger partial charge in [0.2, 0.25) is 0 Å². The number of carbonyl (C=O) groups excluding carboxylic acids is 2. The van der Waals surface area contributed by atoms with Crippen LogP contribution in [-0.4, -0.2) is 33.1 Å². The Balaban J connectivity index is 1.47. The van der Waals surface area contributed by atoms with Crippen LogP contribution < -0.4 is 10.6 Å². The molecule has 33 heavy (non-hydrogen) atoms. The number of carbonyl (C=O) groups is 2. The number of esters is 1. The van der Waals surface area contributed by atoms with Crippen LogP contribution in [0.4, 0.5) is 11.5 Å². The van der Waals surface area contributed by atoms with Crippen molar-refractivity contribution in [3.05, 3.63) is 87.7 Å². The molecule has 4 aromatic rings. The Bertz CT molecular complexity index is 1320. The predicted molar refractivity (Wildman–Crippen MR) is 127 cm³/mol. The number of imidazole rings is 1. The van der Waals surface area contributed by atoms with Gasteiger partial charge in [0.05, 0.1) is 28.4 Å². The van der Waals surface area contributed by atoms with Gasteiger partial charge >= 0.3 is 5.97 Å². The van der Waals surface area contributed by atoms with Gasteiger partial charge in [0, 0.05) is 12.2 Å². The number of amides is 1. The minimum Gasteiger partial charge on any atom is -0.462 e. The molecule has 4 rings (SSSR count). The first kappa shape index (κ1) is 22.6. The van der Waals surface area contributed by atoms with E-state index in [4.69, 9.17) is 27.9 Å². The number of anilines is 2. The third-order valence-corrected chi connectivity index (χ3v) is 5.45. The van der Waals surface area contributed by atoms with E-state index in [-0.39, 0.29) is 11.6 Å². The molecule has 0 aliphatic heterocycles. The molecule has 1 amide bonds. The van der Waals surface area contributed by atoms with Crippen LogP contribution in [0.1, 0.15) is 33.3 Å². The molecule has 8 nitrogen and oxygen atoms in total. The Morgan fingerprint density at radius 2 is 1.82 bits per heavy atom. The molecule has 0 atom stereocenters. The first-order chi connectivity index (χ1) is 15.9. The molecule has 10 heteroatoms. The number of nitrogens with zero attached hydrogens (tertiary/aromatic N) is 3. The molecule has 2 heterocycles. The molecule has 2 aromatic carbocycles. The lowest BCUT2D eigenvalue weighted by Crippen LogP contribution is -2.16. The van der Waals surface area contributed by atoms with Crippen molar-refractivity contribution < 1.29 is 14.3 Å². The summed E-state index contributed by atoms with van der Waals surface area (Å²) in [6.45, 7) is 2.51. The van der Waals surface area contributed by atoms with E-state index in [1.165, 1.54) is 10.7 Å². The van der Waals surface area contributed by atoms with Gasteiger partial charge in [0.1, 0.15) is 5.82 Å². The second-order valence-corrected chi connectivity index (χ2v) is 7.80. The number of hydrogen-bond acceptors (Lipinski definition) is 6. The Morgan fingerprint density at radius 1 is 1.03 bits per heavy atom. The molecule has 0 saturated heterocycles. The van der Waals surface area contributed by atoms with E-state index in [1.54, 1.807) is 55.5 Å². The van der Waals surface area contributed by atoms with Crippen molar-refractivity contribution in [2.75, 3.05) is 17.2 Å². The van der Waals surface area contributed by atoms with Gasteiger partial charge in [-0.2, -0.15) is 0 Å². The van der Waals surface area contributed by atoms with Crippen LogP contribution >= 0.6 is 23.2 Å². The fraction of sp³-hybridized carbons (Fsp3) is 0.130. The zero-order valence-corrected chi connectivity index (χ0v) is 19.0. The molecular weight excluding hydrogens is 465 g/mol. The summed E-state index contributed by atoms with van der Waals surface area (Å²) < 4.78 is 6.42. The van der Waals surface area contributed by atoms with E-state index in [0.29, 0.717) is 45.9 Å². The molecule has 0 fully saturated rings. The van der Waals surface area contributed by atoms with Crippen LogP contribution in [0.15, 0.2) is 60.8 Å². The van der Waals surface area contributed by atoms with E-state index < -0.39 is 5.97 Å². The number of benzene rings is 2. The van der Waals surface area contributed by atoms with Crippen molar-refractivity contribution in [1.82, 2.24) is 14.6 Å². The highest BCUT2D eigenvalue weighted by atomic mass is 35.5. The monoisotopic (exact) mass is 483 g/mol. The lowest BCUT2D eigenvalue weighted by Gasteiger charge is -2.09. The fourth-order valence-electron chi connectivity index (χ4n) is 3.06. The Labute approximate surface area is 199 Å².